The van der Waals surface area contributed by atoms with Crippen molar-refractivity contribution >= 4 is 8.58 Å². The quantitative estimate of drug-likeness (QED) is 0.496. The minimum Gasteiger partial charge on any atom is -0.119 e. The molecule has 0 N–H and O–H groups in total. The Bertz CT molecular complexity index is 48.1. The summed E-state index contributed by atoms with van der Waals surface area (Å²) in [7, 11) is 1.30. The molecule has 1 aliphatic carbocycles. The third kappa shape index (κ3) is 2.29. The minimum absolute atomic E-state index is 1.18. The Hall–Kier alpha value is 0.430. The largest absolute Gasteiger partial charge is 0.119 e. The fourth-order valence-electron chi connectivity index (χ4n) is 0.636. The molecule has 0 amide bonds. The van der Waals surface area contributed by atoms with Crippen LogP contribution >= 0.6 is 8.58 Å². The lowest BCUT2D eigenvalue weighted by Crippen LogP contribution is -1.71. The minimum atomic E-state index is 1.18. The Labute approximate surface area is 47.5 Å². The van der Waals surface area contributed by atoms with E-state index < -0.39 is 0 Å². The lowest BCUT2D eigenvalue weighted by Gasteiger charge is -1.89. The van der Waals surface area contributed by atoms with Crippen molar-refractivity contribution in [1.82, 2.24) is 0 Å². The highest BCUT2D eigenvalue weighted by Gasteiger charge is 2.19. The van der Waals surface area contributed by atoms with Gasteiger partial charge in [-0.2, -0.15) is 0 Å². The first kappa shape index (κ1) is 5.56. The summed E-state index contributed by atoms with van der Waals surface area (Å²) in [4.78, 5) is 0. The van der Waals surface area contributed by atoms with Gasteiger partial charge in [-0.25, -0.2) is 0 Å². The van der Waals surface area contributed by atoms with Gasteiger partial charge < -0.3 is 0 Å². The molecule has 1 fully saturated rings. The van der Waals surface area contributed by atoms with Crippen molar-refractivity contribution in [1.29, 1.82) is 0 Å². The predicted octanol–water partition coefficient (Wildman–Crippen LogP) is 2.24. The van der Waals surface area contributed by atoms with Crippen LogP contribution in [0.2, 0.25) is 0 Å². The van der Waals surface area contributed by atoms with Gasteiger partial charge in [0.05, 0.1) is 0 Å². The van der Waals surface area contributed by atoms with E-state index in [4.69, 9.17) is 0 Å². The van der Waals surface area contributed by atoms with Gasteiger partial charge in [0.2, 0.25) is 0 Å². The molecular weight excluding hydrogens is 103 g/mol. The molecule has 0 aromatic rings. The zero-order valence-corrected chi connectivity index (χ0v) is 5.91. The Morgan fingerprint density at radius 2 is 2.29 bits per heavy atom. The summed E-state index contributed by atoms with van der Waals surface area (Å²) in [5, 5.41) is 0. The molecule has 0 aromatic heterocycles. The molecule has 0 heterocycles. The van der Waals surface area contributed by atoms with Gasteiger partial charge in [0.1, 0.15) is 0 Å². The van der Waals surface area contributed by atoms with E-state index in [1.54, 1.807) is 12.8 Å². The number of hydrogen-bond donors (Lipinski definition) is 0. The van der Waals surface area contributed by atoms with Crippen molar-refractivity contribution in [2.75, 3.05) is 6.16 Å². The van der Waals surface area contributed by atoms with Crippen LogP contribution in [-0.2, 0) is 0 Å². The molecule has 0 aromatic carbocycles. The van der Waals surface area contributed by atoms with Gasteiger partial charge in [-0.3, -0.25) is 0 Å². The molecule has 7 heavy (non-hydrogen) atoms. The van der Waals surface area contributed by atoms with Crippen LogP contribution < -0.4 is 0 Å². The molecule has 1 atom stereocenters. The molecule has 0 bridgehead atoms. The molecule has 0 nitrogen and oxygen atoms in total. The van der Waals surface area contributed by atoms with Crippen molar-refractivity contribution in [2.24, 2.45) is 0 Å². The molecule has 0 saturated heterocycles. The first-order valence-electron chi connectivity index (χ1n) is 3.17. The third-order valence-electron chi connectivity index (χ3n) is 1.26. The summed E-state index contributed by atoms with van der Waals surface area (Å²) in [6, 6.07) is 0. The smallest absolute Gasteiger partial charge is 0.0236 e. The summed E-state index contributed by atoms with van der Waals surface area (Å²) in [6.07, 6.45) is 5.97. The second kappa shape index (κ2) is 2.67. The SMILES string of the molecule is CCCPC1CC1. The van der Waals surface area contributed by atoms with Crippen LogP contribution in [0.3, 0.4) is 0 Å². The summed E-state index contributed by atoms with van der Waals surface area (Å²) < 4.78 is 0. The molecule has 1 rings (SSSR count). The van der Waals surface area contributed by atoms with Crippen LogP contribution in [-0.4, -0.2) is 11.8 Å². The third-order valence-corrected chi connectivity index (χ3v) is 3.20. The average Bonchev–Trinajstić information content (AvgIpc) is 2.42. The van der Waals surface area contributed by atoms with Crippen LogP contribution in [0.4, 0.5) is 0 Å². The summed E-state index contributed by atoms with van der Waals surface area (Å²) in [5.74, 6) is 0. The molecule has 1 aliphatic rings. The van der Waals surface area contributed by atoms with Crippen LogP contribution in [0.25, 0.3) is 0 Å². The van der Waals surface area contributed by atoms with Crippen molar-refractivity contribution in [3.05, 3.63) is 0 Å². The van der Waals surface area contributed by atoms with Gasteiger partial charge in [0.15, 0.2) is 0 Å². The zero-order valence-electron chi connectivity index (χ0n) is 4.91. The molecule has 1 saturated carbocycles. The van der Waals surface area contributed by atoms with Crippen molar-refractivity contribution in [3.63, 3.8) is 0 Å². The van der Waals surface area contributed by atoms with Crippen molar-refractivity contribution in [2.45, 2.75) is 31.8 Å². The summed E-state index contributed by atoms with van der Waals surface area (Å²) in [5.41, 5.74) is 1.18. The van der Waals surface area contributed by atoms with Gasteiger partial charge in [-0.15, -0.1) is 8.58 Å². The maximum absolute atomic E-state index is 2.27. The van der Waals surface area contributed by atoms with Crippen LogP contribution in [0.15, 0.2) is 0 Å². The topological polar surface area (TPSA) is 0 Å². The molecular formula is C6H13P. The van der Waals surface area contributed by atoms with E-state index in [2.05, 4.69) is 6.92 Å². The zero-order chi connectivity index (χ0) is 5.11. The number of hydrogen-bond acceptors (Lipinski definition) is 0. The summed E-state index contributed by atoms with van der Waals surface area (Å²) in [6.45, 7) is 2.27. The van der Waals surface area contributed by atoms with Gasteiger partial charge in [0.25, 0.3) is 0 Å². The standard InChI is InChI=1S/C6H13P/c1-2-5-7-6-3-4-6/h6-7H,2-5H2,1H3. The average molecular weight is 116 g/mol. The van der Waals surface area contributed by atoms with E-state index in [0.717, 1.165) is 0 Å². The van der Waals surface area contributed by atoms with Crippen molar-refractivity contribution < 1.29 is 0 Å². The van der Waals surface area contributed by atoms with Gasteiger partial charge in [-0.05, 0) is 24.7 Å². The van der Waals surface area contributed by atoms with Gasteiger partial charge in [-0.1, -0.05) is 13.3 Å². The second-order valence-electron chi connectivity index (χ2n) is 2.23. The predicted molar refractivity (Wildman–Crippen MR) is 36.5 cm³/mol. The Kier molecular flexibility index (Phi) is 2.12. The van der Waals surface area contributed by atoms with E-state index in [9.17, 15) is 0 Å². The highest BCUT2D eigenvalue weighted by Crippen LogP contribution is 2.38. The molecule has 1 heteroatoms. The molecule has 0 radical (unpaired) electrons. The van der Waals surface area contributed by atoms with Crippen molar-refractivity contribution in [3.8, 4) is 0 Å². The van der Waals surface area contributed by atoms with Gasteiger partial charge in [0, 0.05) is 0 Å². The maximum Gasteiger partial charge on any atom is -0.0236 e. The Morgan fingerprint density at radius 3 is 2.71 bits per heavy atom. The molecule has 1 unspecified atom stereocenters. The number of rotatable bonds is 3. The van der Waals surface area contributed by atoms with E-state index in [1.165, 1.54) is 26.8 Å². The van der Waals surface area contributed by atoms with Crippen LogP contribution in [0, 0.1) is 0 Å². The normalized spacial score (nSPS) is 21.9. The van der Waals surface area contributed by atoms with E-state index in [1.807, 2.05) is 0 Å². The molecule has 0 spiro atoms. The molecule has 42 valence electrons. The Morgan fingerprint density at radius 1 is 1.57 bits per heavy atom. The summed E-state index contributed by atoms with van der Waals surface area (Å²) >= 11 is 0. The molecule has 0 aliphatic heterocycles. The highest BCUT2D eigenvalue weighted by atomic mass is 31.1. The van der Waals surface area contributed by atoms with E-state index in [-0.39, 0.29) is 0 Å². The highest BCUT2D eigenvalue weighted by molar-refractivity contribution is 7.39. The fraction of sp³-hybridized carbons (Fsp3) is 1.00. The monoisotopic (exact) mass is 116 g/mol. The van der Waals surface area contributed by atoms with E-state index >= 15 is 0 Å². The van der Waals surface area contributed by atoms with Crippen LogP contribution in [0.5, 0.6) is 0 Å². The fourth-order valence-corrected chi connectivity index (χ4v) is 1.91. The Balaban J connectivity index is 1.80. The lowest BCUT2D eigenvalue weighted by molar-refractivity contribution is 1.10. The first-order valence-corrected chi connectivity index (χ1v) is 4.45. The van der Waals surface area contributed by atoms with Gasteiger partial charge >= 0.3 is 0 Å². The lowest BCUT2D eigenvalue weighted by atomic mass is 10.6. The first-order chi connectivity index (χ1) is 3.43. The van der Waals surface area contributed by atoms with E-state index in [0.29, 0.717) is 0 Å². The maximum atomic E-state index is 2.27. The second-order valence-corrected chi connectivity index (χ2v) is 3.95. The van der Waals surface area contributed by atoms with Crippen LogP contribution in [0.1, 0.15) is 26.2 Å².